The quantitative estimate of drug-likeness (QED) is 0.570. The second-order valence-electron chi connectivity index (χ2n) is 6.25. The molecule has 152 valence electrons. The highest BCUT2D eigenvalue weighted by Crippen LogP contribution is 2.17. The SMILES string of the molecule is CCOc1ccc(OCC(=O)NNC(=O)Cn2c(CC)nc3ccccc32)cc1. The van der Waals surface area contributed by atoms with E-state index in [0.29, 0.717) is 18.8 Å². The molecule has 0 saturated carbocycles. The first-order valence-electron chi connectivity index (χ1n) is 9.48. The number of nitrogens with one attached hydrogen (secondary N) is 2. The molecule has 3 aromatic rings. The van der Waals surface area contributed by atoms with Crippen molar-refractivity contribution in [3.8, 4) is 11.5 Å². The second kappa shape index (κ2) is 9.59. The molecule has 2 N–H and O–H groups in total. The number of hydrazine groups is 1. The number of hydrogen-bond donors (Lipinski definition) is 2. The highest BCUT2D eigenvalue weighted by molar-refractivity contribution is 5.84. The van der Waals surface area contributed by atoms with Gasteiger partial charge in [0.2, 0.25) is 0 Å². The highest BCUT2D eigenvalue weighted by Gasteiger charge is 2.13. The van der Waals surface area contributed by atoms with E-state index in [1.54, 1.807) is 24.3 Å². The first kappa shape index (κ1) is 20.2. The summed E-state index contributed by atoms with van der Waals surface area (Å²) >= 11 is 0. The van der Waals surface area contributed by atoms with E-state index in [0.717, 1.165) is 22.6 Å². The van der Waals surface area contributed by atoms with E-state index in [-0.39, 0.29) is 19.1 Å². The smallest absolute Gasteiger partial charge is 0.276 e. The summed E-state index contributed by atoms with van der Waals surface area (Å²) in [5.41, 5.74) is 6.49. The number of para-hydroxylation sites is 2. The Balaban J connectivity index is 1.48. The van der Waals surface area contributed by atoms with Crippen LogP contribution in [0.1, 0.15) is 19.7 Å². The Bertz CT molecular complexity index is 982. The van der Waals surface area contributed by atoms with Gasteiger partial charge in [-0.15, -0.1) is 0 Å². The summed E-state index contributed by atoms with van der Waals surface area (Å²) in [5, 5.41) is 0. The molecule has 0 aliphatic carbocycles. The van der Waals surface area contributed by atoms with Gasteiger partial charge in [-0.3, -0.25) is 20.4 Å². The zero-order valence-electron chi connectivity index (χ0n) is 16.5. The molecule has 8 heteroatoms. The van der Waals surface area contributed by atoms with E-state index in [1.807, 2.05) is 42.7 Å². The van der Waals surface area contributed by atoms with Crippen molar-refractivity contribution in [1.82, 2.24) is 20.4 Å². The Kier molecular flexibility index (Phi) is 6.67. The molecule has 29 heavy (non-hydrogen) atoms. The zero-order valence-corrected chi connectivity index (χ0v) is 16.5. The van der Waals surface area contributed by atoms with Crippen molar-refractivity contribution in [3.63, 3.8) is 0 Å². The number of nitrogens with zero attached hydrogens (tertiary/aromatic N) is 2. The minimum atomic E-state index is -0.460. The van der Waals surface area contributed by atoms with Gasteiger partial charge in [-0.05, 0) is 43.3 Å². The number of aryl methyl sites for hydroxylation is 1. The van der Waals surface area contributed by atoms with Gasteiger partial charge in [0.25, 0.3) is 11.8 Å². The lowest BCUT2D eigenvalue weighted by atomic mass is 10.3. The average molecular weight is 396 g/mol. The monoisotopic (exact) mass is 396 g/mol. The number of imidazole rings is 1. The summed E-state index contributed by atoms with van der Waals surface area (Å²) in [6.45, 7) is 4.31. The fraction of sp³-hybridized carbons (Fsp3) is 0.286. The predicted molar refractivity (Wildman–Crippen MR) is 109 cm³/mol. The number of rotatable bonds is 8. The molecule has 1 aromatic heterocycles. The summed E-state index contributed by atoms with van der Waals surface area (Å²) in [4.78, 5) is 28.7. The molecule has 2 aromatic carbocycles. The lowest BCUT2D eigenvalue weighted by molar-refractivity contribution is -0.130. The van der Waals surface area contributed by atoms with Crippen LogP contribution in [0.5, 0.6) is 11.5 Å². The van der Waals surface area contributed by atoms with Gasteiger partial charge in [0.1, 0.15) is 23.9 Å². The van der Waals surface area contributed by atoms with Crippen molar-refractivity contribution >= 4 is 22.8 Å². The maximum atomic E-state index is 12.3. The molecule has 0 atom stereocenters. The van der Waals surface area contributed by atoms with Gasteiger partial charge in [-0.25, -0.2) is 4.98 Å². The Morgan fingerprint density at radius 2 is 1.59 bits per heavy atom. The van der Waals surface area contributed by atoms with Gasteiger partial charge >= 0.3 is 0 Å². The molecule has 0 fully saturated rings. The highest BCUT2D eigenvalue weighted by atomic mass is 16.5. The number of aromatic nitrogens is 2. The average Bonchev–Trinajstić information content (AvgIpc) is 3.09. The van der Waals surface area contributed by atoms with Gasteiger partial charge in [0.15, 0.2) is 6.61 Å². The van der Waals surface area contributed by atoms with Gasteiger partial charge in [-0.1, -0.05) is 19.1 Å². The van der Waals surface area contributed by atoms with E-state index in [2.05, 4.69) is 15.8 Å². The summed E-state index contributed by atoms with van der Waals surface area (Å²) < 4.78 is 12.6. The Morgan fingerprint density at radius 3 is 2.28 bits per heavy atom. The topological polar surface area (TPSA) is 94.5 Å². The summed E-state index contributed by atoms with van der Waals surface area (Å²) in [6, 6.07) is 14.6. The van der Waals surface area contributed by atoms with Gasteiger partial charge in [-0.2, -0.15) is 0 Å². The number of amides is 2. The molecule has 0 bridgehead atoms. The van der Waals surface area contributed by atoms with Crippen LogP contribution in [0, 0.1) is 0 Å². The molecule has 2 amide bonds. The van der Waals surface area contributed by atoms with Crippen LogP contribution in [0.25, 0.3) is 11.0 Å². The van der Waals surface area contributed by atoms with Crippen molar-refractivity contribution in [2.75, 3.05) is 13.2 Å². The van der Waals surface area contributed by atoms with Crippen LogP contribution in [0.4, 0.5) is 0 Å². The largest absolute Gasteiger partial charge is 0.494 e. The lowest BCUT2D eigenvalue weighted by Crippen LogP contribution is -2.45. The van der Waals surface area contributed by atoms with Crippen LogP contribution in [0.15, 0.2) is 48.5 Å². The summed E-state index contributed by atoms with van der Waals surface area (Å²) in [5.74, 6) is 1.27. The Hall–Kier alpha value is -3.55. The van der Waals surface area contributed by atoms with Crippen LogP contribution in [0.2, 0.25) is 0 Å². The van der Waals surface area contributed by atoms with E-state index >= 15 is 0 Å². The third-order valence-corrected chi connectivity index (χ3v) is 4.20. The van der Waals surface area contributed by atoms with Crippen molar-refractivity contribution in [2.24, 2.45) is 0 Å². The van der Waals surface area contributed by atoms with Crippen LogP contribution >= 0.6 is 0 Å². The molecular weight excluding hydrogens is 372 g/mol. The molecule has 0 unspecified atom stereocenters. The summed E-state index contributed by atoms with van der Waals surface area (Å²) in [6.07, 6.45) is 0.699. The standard InChI is InChI=1S/C21H24N4O4/c1-3-19-22-17-7-5-6-8-18(17)25(19)13-20(26)23-24-21(27)14-29-16-11-9-15(10-12-16)28-4-2/h5-12H,3-4,13-14H2,1-2H3,(H,23,26)(H,24,27). The number of hydrogen-bond acceptors (Lipinski definition) is 5. The normalized spacial score (nSPS) is 10.6. The van der Waals surface area contributed by atoms with Gasteiger partial charge in [0, 0.05) is 6.42 Å². The van der Waals surface area contributed by atoms with E-state index in [9.17, 15) is 9.59 Å². The van der Waals surface area contributed by atoms with Crippen molar-refractivity contribution in [2.45, 2.75) is 26.8 Å². The van der Waals surface area contributed by atoms with E-state index in [4.69, 9.17) is 9.47 Å². The summed E-state index contributed by atoms with van der Waals surface area (Å²) in [7, 11) is 0. The fourth-order valence-electron chi connectivity index (χ4n) is 2.88. The van der Waals surface area contributed by atoms with Crippen molar-refractivity contribution in [3.05, 3.63) is 54.4 Å². The molecule has 3 rings (SSSR count). The van der Waals surface area contributed by atoms with Crippen molar-refractivity contribution < 1.29 is 19.1 Å². The molecule has 0 saturated heterocycles. The van der Waals surface area contributed by atoms with E-state index < -0.39 is 5.91 Å². The molecular formula is C21H24N4O4. The molecule has 0 aliphatic rings. The third-order valence-electron chi connectivity index (χ3n) is 4.20. The number of fused-ring (bicyclic) bond motifs is 1. The van der Waals surface area contributed by atoms with Crippen molar-refractivity contribution in [1.29, 1.82) is 0 Å². The van der Waals surface area contributed by atoms with Crippen LogP contribution < -0.4 is 20.3 Å². The van der Waals surface area contributed by atoms with Gasteiger partial charge in [0.05, 0.1) is 17.6 Å². The predicted octanol–water partition coefficient (Wildman–Crippen LogP) is 2.22. The lowest BCUT2D eigenvalue weighted by Gasteiger charge is -2.11. The first-order valence-corrected chi connectivity index (χ1v) is 9.48. The maximum Gasteiger partial charge on any atom is 0.276 e. The van der Waals surface area contributed by atoms with Gasteiger partial charge < -0.3 is 14.0 Å². The van der Waals surface area contributed by atoms with Crippen LogP contribution in [-0.4, -0.2) is 34.6 Å². The molecule has 8 nitrogen and oxygen atoms in total. The number of benzene rings is 2. The number of carbonyl (C=O) groups excluding carboxylic acids is 2. The number of ether oxygens (including phenoxy) is 2. The van der Waals surface area contributed by atoms with Crippen LogP contribution in [-0.2, 0) is 22.6 Å². The fourth-order valence-corrected chi connectivity index (χ4v) is 2.88. The first-order chi connectivity index (χ1) is 14.1. The molecule has 0 spiro atoms. The Morgan fingerprint density at radius 1 is 0.931 bits per heavy atom. The number of carbonyl (C=O) groups is 2. The minimum absolute atomic E-state index is 0.0592. The maximum absolute atomic E-state index is 12.3. The zero-order chi connectivity index (χ0) is 20.6. The molecule has 0 radical (unpaired) electrons. The molecule has 0 aliphatic heterocycles. The Labute approximate surface area is 168 Å². The third kappa shape index (κ3) is 5.25. The van der Waals surface area contributed by atoms with Crippen LogP contribution in [0.3, 0.4) is 0 Å². The second-order valence-corrected chi connectivity index (χ2v) is 6.25. The van der Waals surface area contributed by atoms with E-state index in [1.165, 1.54) is 0 Å². The minimum Gasteiger partial charge on any atom is -0.494 e. The molecule has 1 heterocycles.